The Balaban J connectivity index is 1.71. The molecular formula is C23H20FN3O3. The average molecular weight is 405 g/mol. The van der Waals surface area contributed by atoms with Crippen LogP contribution in [0, 0.1) is 5.82 Å². The molecule has 0 radical (unpaired) electrons. The van der Waals surface area contributed by atoms with Crippen molar-refractivity contribution in [2.75, 3.05) is 6.54 Å². The van der Waals surface area contributed by atoms with Gasteiger partial charge < -0.3 is 14.6 Å². The Kier molecular flexibility index (Phi) is 5.43. The van der Waals surface area contributed by atoms with Crippen molar-refractivity contribution in [3.8, 4) is 0 Å². The number of ketones is 1. The first-order valence-corrected chi connectivity index (χ1v) is 9.61. The van der Waals surface area contributed by atoms with Crippen molar-refractivity contribution in [2.24, 2.45) is 0 Å². The molecule has 7 heteroatoms. The standard InChI is InChI=1S/C23H20FN3O3/c24-18-9-7-17(8-10-18)21(28)19-20(16-5-2-1-3-6-16)27(23(30)22(19)29)13-4-12-26-14-11-25-15-26/h1-3,5-11,14-15,20,28H,4,12-13H2/t20-/m1/s1. The van der Waals surface area contributed by atoms with Gasteiger partial charge in [-0.15, -0.1) is 0 Å². The molecule has 2 aromatic carbocycles. The van der Waals surface area contributed by atoms with E-state index in [1.807, 2.05) is 41.1 Å². The number of hydrogen-bond donors (Lipinski definition) is 1. The summed E-state index contributed by atoms with van der Waals surface area (Å²) in [5.41, 5.74) is 1.03. The number of aliphatic hydroxyl groups is 1. The highest BCUT2D eigenvalue weighted by Crippen LogP contribution is 2.39. The van der Waals surface area contributed by atoms with E-state index < -0.39 is 23.5 Å². The van der Waals surface area contributed by atoms with Gasteiger partial charge in [-0.3, -0.25) is 9.59 Å². The predicted molar refractivity (Wildman–Crippen MR) is 109 cm³/mol. The van der Waals surface area contributed by atoms with Crippen LogP contribution in [-0.2, 0) is 16.1 Å². The first kappa shape index (κ1) is 19.6. The van der Waals surface area contributed by atoms with Crippen LogP contribution >= 0.6 is 0 Å². The molecule has 1 aromatic heterocycles. The number of rotatable bonds is 6. The SMILES string of the molecule is O=C1C(=O)N(CCCn2ccnc2)[C@H](c2ccccc2)C1=C(O)c1ccc(F)cc1. The van der Waals surface area contributed by atoms with E-state index in [4.69, 9.17) is 0 Å². The van der Waals surface area contributed by atoms with E-state index in [2.05, 4.69) is 4.98 Å². The normalized spacial score (nSPS) is 18.2. The lowest BCUT2D eigenvalue weighted by molar-refractivity contribution is -0.139. The van der Waals surface area contributed by atoms with Crippen LogP contribution in [0.5, 0.6) is 0 Å². The molecular weight excluding hydrogens is 385 g/mol. The number of aliphatic hydroxyl groups excluding tert-OH is 1. The van der Waals surface area contributed by atoms with Crippen molar-refractivity contribution in [1.82, 2.24) is 14.5 Å². The number of carbonyl (C=O) groups excluding carboxylic acids is 2. The van der Waals surface area contributed by atoms with Crippen LogP contribution in [0.2, 0.25) is 0 Å². The first-order valence-electron chi connectivity index (χ1n) is 9.61. The van der Waals surface area contributed by atoms with Gasteiger partial charge in [0, 0.05) is 31.0 Å². The monoisotopic (exact) mass is 405 g/mol. The molecule has 1 saturated heterocycles. The molecule has 1 amide bonds. The number of nitrogens with zero attached hydrogens (tertiary/aromatic N) is 3. The Hall–Kier alpha value is -3.74. The van der Waals surface area contributed by atoms with Crippen LogP contribution in [0.25, 0.3) is 5.76 Å². The minimum atomic E-state index is -0.742. The van der Waals surface area contributed by atoms with Gasteiger partial charge in [-0.2, -0.15) is 0 Å². The minimum Gasteiger partial charge on any atom is -0.507 e. The van der Waals surface area contributed by atoms with Gasteiger partial charge in [-0.1, -0.05) is 30.3 Å². The maximum absolute atomic E-state index is 13.3. The van der Waals surface area contributed by atoms with Crippen molar-refractivity contribution < 1.29 is 19.1 Å². The topological polar surface area (TPSA) is 75.4 Å². The van der Waals surface area contributed by atoms with Crippen molar-refractivity contribution in [1.29, 1.82) is 0 Å². The number of Topliss-reactive ketones (excluding diaryl/α,β-unsaturated/α-hetero) is 1. The Morgan fingerprint density at radius 1 is 1.03 bits per heavy atom. The highest BCUT2D eigenvalue weighted by Gasteiger charge is 2.45. The lowest BCUT2D eigenvalue weighted by Crippen LogP contribution is -2.31. The van der Waals surface area contributed by atoms with Gasteiger partial charge in [0.15, 0.2) is 0 Å². The number of hydrogen-bond acceptors (Lipinski definition) is 4. The molecule has 1 N–H and O–H groups in total. The maximum atomic E-state index is 13.3. The molecule has 2 heterocycles. The number of benzene rings is 2. The second-order valence-electron chi connectivity index (χ2n) is 7.06. The summed E-state index contributed by atoms with van der Waals surface area (Å²) in [6.45, 7) is 0.977. The zero-order valence-corrected chi connectivity index (χ0v) is 16.1. The molecule has 0 aliphatic carbocycles. The molecule has 152 valence electrons. The summed E-state index contributed by atoms with van der Waals surface area (Å²) in [4.78, 5) is 31.2. The summed E-state index contributed by atoms with van der Waals surface area (Å²) in [6.07, 6.45) is 5.82. The van der Waals surface area contributed by atoms with E-state index in [0.717, 1.165) is 5.56 Å². The fourth-order valence-corrected chi connectivity index (χ4v) is 3.70. The first-order chi connectivity index (χ1) is 14.6. The van der Waals surface area contributed by atoms with Gasteiger partial charge in [-0.05, 0) is 36.2 Å². The zero-order chi connectivity index (χ0) is 21.1. The summed E-state index contributed by atoms with van der Waals surface area (Å²) in [7, 11) is 0. The summed E-state index contributed by atoms with van der Waals surface area (Å²) in [5, 5.41) is 10.9. The third-order valence-electron chi connectivity index (χ3n) is 5.15. The summed E-state index contributed by atoms with van der Waals surface area (Å²) < 4.78 is 15.2. The number of aromatic nitrogens is 2. The largest absolute Gasteiger partial charge is 0.507 e. The van der Waals surface area contributed by atoms with Gasteiger partial charge in [0.1, 0.15) is 11.6 Å². The van der Waals surface area contributed by atoms with Gasteiger partial charge >= 0.3 is 0 Å². The Morgan fingerprint density at radius 3 is 2.43 bits per heavy atom. The molecule has 1 aliphatic heterocycles. The van der Waals surface area contributed by atoms with Crippen LogP contribution in [0.3, 0.4) is 0 Å². The maximum Gasteiger partial charge on any atom is 0.295 e. The summed E-state index contributed by atoms with van der Waals surface area (Å²) in [6, 6.07) is 13.6. The van der Waals surface area contributed by atoms with Crippen LogP contribution in [-0.4, -0.2) is 37.8 Å². The molecule has 30 heavy (non-hydrogen) atoms. The molecule has 0 spiro atoms. The Labute approximate surface area is 172 Å². The van der Waals surface area contributed by atoms with E-state index in [9.17, 15) is 19.1 Å². The molecule has 4 rings (SSSR count). The smallest absolute Gasteiger partial charge is 0.295 e. The van der Waals surface area contributed by atoms with Crippen molar-refractivity contribution in [2.45, 2.75) is 19.0 Å². The van der Waals surface area contributed by atoms with Crippen molar-refractivity contribution >= 4 is 17.4 Å². The zero-order valence-electron chi connectivity index (χ0n) is 16.1. The van der Waals surface area contributed by atoms with Gasteiger partial charge in [0.25, 0.3) is 11.7 Å². The van der Waals surface area contributed by atoms with E-state index in [0.29, 0.717) is 19.5 Å². The third-order valence-corrected chi connectivity index (χ3v) is 5.15. The highest BCUT2D eigenvalue weighted by atomic mass is 19.1. The van der Waals surface area contributed by atoms with E-state index in [1.165, 1.54) is 29.2 Å². The quantitative estimate of drug-likeness (QED) is 0.387. The summed E-state index contributed by atoms with van der Waals surface area (Å²) >= 11 is 0. The van der Waals surface area contributed by atoms with Crippen LogP contribution in [0.1, 0.15) is 23.6 Å². The lowest BCUT2D eigenvalue weighted by Gasteiger charge is -2.25. The molecule has 1 atom stereocenters. The second-order valence-corrected chi connectivity index (χ2v) is 7.06. The van der Waals surface area contributed by atoms with E-state index >= 15 is 0 Å². The van der Waals surface area contributed by atoms with Crippen LogP contribution < -0.4 is 0 Å². The number of aryl methyl sites for hydroxylation is 1. The average Bonchev–Trinajstić information content (AvgIpc) is 3.37. The fraction of sp³-hybridized carbons (Fsp3) is 0.174. The second kappa shape index (κ2) is 8.32. The number of halogens is 1. The lowest BCUT2D eigenvalue weighted by atomic mass is 9.95. The number of amides is 1. The van der Waals surface area contributed by atoms with Gasteiger partial charge in [0.05, 0.1) is 17.9 Å². The fourth-order valence-electron chi connectivity index (χ4n) is 3.70. The molecule has 0 bridgehead atoms. The van der Waals surface area contributed by atoms with Crippen molar-refractivity contribution in [3.05, 3.63) is 95.8 Å². The molecule has 1 aliphatic rings. The number of carbonyl (C=O) groups is 2. The molecule has 1 fully saturated rings. The number of likely N-dealkylation sites (tertiary alicyclic amines) is 1. The van der Waals surface area contributed by atoms with Gasteiger partial charge in [-0.25, -0.2) is 9.37 Å². The predicted octanol–water partition coefficient (Wildman–Crippen LogP) is 3.53. The molecule has 3 aromatic rings. The Morgan fingerprint density at radius 2 is 1.77 bits per heavy atom. The highest BCUT2D eigenvalue weighted by molar-refractivity contribution is 6.46. The molecule has 6 nitrogen and oxygen atoms in total. The van der Waals surface area contributed by atoms with Gasteiger partial charge in [0.2, 0.25) is 0 Å². The van der Waals surface area contributed by atoms with E-state index in [-0.39, 0.29) is 16.9 Å². The van der Waals surface area contributed by atoms with Crippen LogP contribution in [0.4, 0.5) is 4.39 Å². The molecule has 0 unspecified atom stereocenters. The van der Waals surface area contributed by atoms with Crippen molar-refractivity contribution in [3.63, 3.8) is 0 Å². The Bertz CT molecular complexity index is 1080. The van der Waals surface area contributed by atoms with Crippen LogP contribution in [0.15, 0.2) is 78.9 Å². The van der Waals surface area contributed by atoms with E-state index in [1.54, 1.807) is 12.5 Å². The summed E-state index contributed by atoms with van der Waals surface area (Å²) in [5.74, 6) is -2.16. The number of imidazole rings is 1. The third kappa shape index (κ3) is 3.74. The molecule has 0 saturated carbocycles. The minimum absolute atomic E-state index is 0.0143.